The number of nitrogens with one attached hydrogen (secondary N) is 3. The minimum Gasteiger partial charge on any atom is -0.496 e. The Hall–Kier alpha value is -5.18. The van der Waals surface area contributed by atoms with Crippen LogP contribution in [0.1, 0.15) is 76.7 Å². The molecular weight excluding hydrogens is 775 g/mol. The zero-order valence-corrected chi connectivity index (χ0v) is 34.4. The van der Waals surface area contributed by atoms with Gasteiger partial charge < -0.3 is 29.7 Å². The lowest BCUT2D eigenvalue weighted by Gasteiger charge is -2.32. The zero-order valence-electron chi connectivity index (χ0n) is 33.6. The Morgan fingerprint density at radius 3 is 2.51 bits per heavy atom. The number of carbonyl (C=O) groups excluding carboxylic acids is 4. The van der Waals surface area contributed by atoms with E-state index in [-0.39, 0.29) is 37.8 Å². The molecule has 3 heterocycles. The van der Waals surface area contributed by atoms with Gasteiger partial charge in [-0.2, -0.15) is 0 Å². The third-order valence-corrected chi connectivity index (χ3v) is 14.5. The molecule has 3 N–H and O–H groups in total. The molecule has 3 saturated carbocycles. The van der Waals surface area contributed by atoms with Crippen molar-refractivity contribution >= 4 is 44.7 Å². The number of hydrogen-bond donors (Lipinski definition) is 3. The van der Waals surface area contributed by atoms with E-state index in [1.165, 1.54) is 11.0 Å². The number of pyridine rings is 1. The van der Waals surface area contributed by atoms with Gasteiger partial charge in [-0.25, -0.2) is 18.2 Å². The average molecular weight is 828 g/mol. The molecule has 2 aromatic carbocycles. The van der Waals surface area contributed by atoms with Crippen molar-refractivity contribution in [3.05, 3.63) is 66.7 Å². The van der Waals surface area contributed by atoms with Crippen LogP contribution in [0.4, 0.5) is 4.79 Å². The summed E-state index contributed by atoms with van der Waals surface area (Å²) in [6.45, 7) is 6.01. The third kappa shape index (κ3) is 8.48. The van der Waals surface area contributed by atoms with E-state index in [0.717, 1.165) is 42.2 Å². The number of sulfonamides is 1. The van der Waals surface area contributed by atoms with Gasteiger partial charge in [0, 0.05) is 35.4 Å². The van der Waals surface area contributed by atoms with Crippen LogP contribution in [0.3, 0.4) is 0 Å². The van der Waals surface area contributed by atoms with E-state index >= 15 is 0 Å². The van der Waals surface area contributed by atoms with Crippen molar-refractivity contribution in [2.45, 2.75) is 107 Å². The first-order valence-electron chi connectivity index (χ1n) is 20.9. The van der Waals surface area contributed by atoms with Crippen LogP contribution in [0, 0.1) is 17.8 Å². The van der Waals surface area contributed by atoms with Gasteiger partial charge in [-0.05, 0) is 74.8 Å². The molecule has 15 heteroatoms. The monoisotopic (exact) mass is 827 g/mol. The summed E-state index contributed by atoms with van der Waals surface area (Å²) in [6, 6.07) is 13.4. The highest BCUT2D eigenvalue weighted by Crippen LogP contribution is 2.46. The molecule has 1 unspecified atom stereocenters. The van der Waals surface area contributed by atoms with Crippen LogP contribution in [0.15, 0.2) is 61.2 Å². The molecule has 2 aliphatic heterocycles. The Bertz CT molecular complexity index is 2240. The van der Waals surface area contributed by atoms with E-state index in [1.54, 1.807) is 7.11 Å². The normalized spacial score (nSPS) is 27.8. The summed E-state index contributed by atoms with van der Waals surface area (Å²) < 4.78 is 46.3. The number of nitrogens with zero attached hydrogens (tertiary/aromatic N) is 2. The molecule has 59 heavy (non-hydrogen) atoms. The fourth-order valence-electron chi connectivity index (χ4n) is 9.04. The number of amides is 4. The van der Waals surface area contributed by atoms with Gasteiger partial charge >= 0.3 is 6.09 Å². The Balaban J connectivity index is 1.18. The van der Waals surface area contributed by atoms with Gasteiger partial charge in [-0.1, -0.05) is 56.2 Å². The summed E-state index contributed by atoms with van der Waals surface area (Å²) >= 11 is 0. The van der Waals surface area contributed by atoms with E-state index in [0.29, 0.717) is 54.8 Å². The van der Waals surface area contributed by atoms with E-state index in [9.17, 15) is 27.6 Å². The summed E-state index contributed by atoms with van der Waals surface area (Å²) in [4.78, 5) is 63.0. The molecular formula is C44H53N5O9S. The molecule has 4 fully saturated rings. The van der Waals surface area contributed by atoms with Gasteiger partial charge in [0.15, 0.2) is 0 Å². The highest BCUT2D eigenvalue weighted by molar-refractivity contribution is 7.91. The van der Waals surface area contributed by atoms with Gasteiger partial charge in [-0.15, -0.1) is 6.58 Å². The molecule has 6 atom stereocenters. The number of rotatable bonds is 9. The summed E-state index contributed by atoms with van der Waals surface area (Å²) in [5.41, 5.74) is 1.60. The Morgan fingerprint density at radius 2 is 1.81 bits per heavy atom. The summed E-state index contributed by atoms with van der Waals surface area (Å²) in [6.07, 6.45) is 6.77. The summed E-state index contributed by atoms with van der Waals surface area (Å²) in [5.74, 6) is -1.34. The minimum atomic E-state index is -3.91. The fourth-order valence-corrected chi connectivity index (χ4v) is 10.4. The second kappa shape index (κ2) is 16.5. The van der Waals surface area contributed by atoms with E-state index in [2.05, 4.69) is 21.9 Å². The number of aryl methyl sites for hydroxylation is 1. The van der Waals surface area contributed by atoms with Crippen molar-refractivity contribution in [2.24, 2.45) is 17.8 Å². The largest absolute Gasteiger partial charge is 0.496 e. The van der Waals surface area contributed by atoms with Crippen molar-refractivity contribution < 1.29 is 41.8 Å². The van der Waals surface area contributed by atoms with Crippen molar-refractivity contribution in [1.82, 2.24) is 25.2 Å². The fraction of sp³-hybridized carbons (Fsp3) is 0.523. The smallest absolute Gasteiger partial charge is 0.407 e. The molecule has 3 aliphatic carbocycles. The third-order valence-electron chi connectivity index (χ3n) is 12.7. The van der Waals surface area contributed by atoms with Crippen molar-refractivity contribution in [3.8, 4) is 22.8 Å². The first kappa shape index (κ1) is 40.6. The van der Waals surface area contributed by atoms with Crippen LogP contribution >= 0.6 is 0 Å². The van der Waals surface area contributed by atoms with E-state index in [1.807, 2.05) is 55.5 Å². The Labute approximate surface area is 344 Å². The van der Waals surface area contributed by atoms with Crippen LogP contribution in [-0.2, 0) is 35.6 Å². The minimum absolute atomic E-state index is 0.00153. The van der Waals surface area contributed by atoms with Gasteiger partial charge in [0.05, 0.1) is 36.7 Å². The molecule has 314 valence electrons. The van der Waals surface area contributed by atoms with Crippen LogP contribution in [0.5, 0.6) is 11.5 Å². The number of alkyl carbamates (subject to hydrolysis) is 1. The predicted octanol–water partition coefficient (Wildman–Crippen LogP) is 5.19. The number of carbonyl (C=O) groups is 4. The van der Waals surface area contributed by atoms with Gasteiger partial charge in [0.25, 0.3) is 5.91 Å². The number of methoxy groups -OCH3 is 1. The lowest BCUT2D eigenvalue weighted by molar-refractivity contribution is -0.142. The van der Waals surface area contributed by atoms with Gasteiger partial charge in [-0.3, -0.25) is 19.1 Å². The number of cyclic esters (lactones) is 1. The molecule has 1 aromatic heterocycles. The molecule has 5 aliphatic rings. The van der Waals surface area contributed by atoms with E-state index < -0.39 is 68.7 Å². The van der Waals surface area contributed by atoms with Crippen LogP contribution in [-0.4, -0.2) is 91.4 Å². The average Bonchev–Trinajstić information content (AvgIpc) is 4.10. The number of aromatic nitrogens is 1. The number of benzene rings is 2. The maximum Gasteiger partial charge on any atom is 0.407 e. The standard InChI is InChI=1S/C44H53N5O9S/c1-4-30-23-44(30,42(52)48-59(54,55)32-17-18-32)47-40(50)36-20-31-24-49(36)41(51)39(28-14-8-9-15-28)46-43(53)57-25-26(2)11-10-16-29-19-33-35(22-37(29)56-3)45-34(21-38(33)58-31)27-12-6-5-7-13-27/h4-7,12-13,19,21-22,26,28,30-32,36,39H,1,8-11,14-18,20,23-25H2,2-3H3,(H,46,53)(H,47,50)(H,48,52)/t26?,30-,31-,36+,39+,44-/m1/s1. The number of ether oxygens (including phenoxy) is 3. The van der Waals surface area contributed by atoms with Crippen LogP contribution in [0.25, 0.3) is 22.2 Å². The van der Waals surface area contributed by atoms with Gasteiger partial charge in [0.2, 0.25) is 21.8 Å². The maximum absolute atomic E-state index is 14.9. The lowest BCUT2D eigenvalue weighted by atomic mass is 9.96. The molecule has 3 aromatic rings. The van der Waals surface area contributed by atoms with Crippen LogP contribution < -0.4 is 24.8 Å². The number of fused-ring (bicyclic) bond motifs is 3. The van der Waals surface area contributed by atoms with Crippen molar-refractivity contribution in [2.75, 3.05) is 20.3 Å². The van der Waals surface area contributed by atoms with Crippen LogP contribution in [0.2, 0.25) is 0 Å². The molecule has 4 amide bonds. The summed E-state index contributed by atoms with van der Waals surface area (Å²) in [5, 5.41) is 5.86. The van der Waals surface area contributed by atoms with E-state index in [4.69, 9.17) is 19.2 Å². The predicted molar refractivity (Wildman–Crippen MR) is 220 cm³/mol. The second-order valence-corrected chi connectivity index (χ2v) is 18.9. The lowest BCUT2D eigenvalue weighted by Crippen LogP contribution is -2.59. The highest BCUT2D eigenvalue weighted by Gasteiger charge is 2.62. The van der Waals surface area contributed by atoms with Crippen molar-refractivity contribution in [1.29, 1.82) is 0 Å². The molecule has 0 spiro atoms. The highest BCUT2D eigenvalue weighted by atomic mass is 32.2. The SMILES string of the molecule is C=C[C@@H]1C[C@]1(NC(=O)[C@@H]1C[C@@H]2CN1C(=O)[C@H](C1CCCC1)NC(=O)OCC(C)CCCc1cc3c(cc(-c4ccccc4)nc3cc1OC)O2)C(=O)NS(=O)(=O)C1CC1. The maximum atomic E-state index is 14.9. The first-order chi connectivity index (χ1) is 28.4. The molecule has 4 bridgehead atoms. The first-order valence-corrected chi connectivity index (χ1v) is 22.4. The number of hydrogen-bond acceptors (Lipinski definition) is 10. The molecule has 8 rings (SSSR count). The Morgan fingerprint density at radius 1 is 1.05 bits per heavy atom. The molecule has 14 nitrogen and oxygen atoms in total. The quantitative estimate of drug-likeness (QED) is 0.243. The summed E-state index contributed by atoms with van der Waals surface area (Å²) in [7, 11) is -2.28. The zero-order chi connectivity index (χ0) is 41.5. The van der Waals surface area contributed by atoms with Crippen molar-refractivity contribution in [3.63, 3.8) is 0 Å². The Kier molecular flexibility index (Phi) is 11.3. The topological polar surface area (TPSA) is 182 Å². The second-order valence-electron chi connectivity index (χ2n) is 17.0. The van der Waals surface area contributed by atoms with Gasteiger partial charge in [0.1, 0.15) is 35.2 Å². The molecule has 0 radical (unpaired) electrons. The molecule has 1 saturated heterocycles.